The summed E-state index contributed by atoms with van der Waals surface area (Å²) in [7, 11) is 0. The molecule has 6 nitrogen and oxygen atoms in total. The fourth-order valence-corrected chi connectivity index (χ4v) is 2.25. The van der Waals surface area contributed by atoms with Crippen LogP contribution in [0.1, 0.15) is 33.1 Å². The number of carboxylic acid groups (broad SMARTS) is 1. The number of carboxylic acids is 1. The Morgan fingerprint density at radius 2 is 1.75 bits per heavy atom. The summed E-state index contributed by atoms with van der Waals surface area (Å²) in [6.45, 7) is 3.79. The van der Waals surface area contributed by atoms with Crippen molar-refractivity contribution in [3.05, 3.63) is 53.8 Å². The highest BCUT2D eigenvalue weighted by Gasteiger charge is 2.06. The van der Waals surface area contributed by atoms with E-state index in [9.17, 15) is 9.90 Å². The van der Waals surface area contributed by atoms with Crippen molar-refractivity contribution in [2.24, 2.45) is 0 Å². The normalized spacial score (nSPS) is 13.5. The number of benzene rings is 1. The zero-order valence-electron chi connectivity index (χ0n) is 13.8. The van der Waals surface area contributed by atoms with E-state index in [4.69, 9.17) is 5.11 Å². The first kappa shape index (κ1) is 17.5. The van der Waals surface area contributed by atoms with Crippen LogP contribution in [0.2, 0.25) is 0 Å². The molecule has 0 aliphatic rings. The maximum absolute atomic E-state index is 10.9. The van der Waals surface area contributed by atoms with E-state index in [-0.39, 0.29) is 6.42 Å². The molecule has 6 heteroatoms. The highest BCUT2D eigenvalue weighted by Crippen LogP contribution is 2.17. The molecule has 0 saturated carbocycles. The predicted octanol–water partition coefficient (Wildman–Crippen LogP) is 3.94. The lowest BCUT2D eigenvalue weighted by molar-refractivity contribution is -0.136. The molecule has 1 heterocycles. The fourth-order valence-electron chi connectivity index (χ4n) is 2.25. The van der Waals surface area contributed by atoms with Gasteiger partial charge in [-0.2, -0.15) is 4.80 Å². The second-order valence-corrected chi connectivity index (χ2v) is 5.43. The molecule has 0 unspecified atom stereocenters. The number of aromatic nitrogens is 3. The van der Waals surface area contributed by atoms with Gasteiger partial charge in [0.1, 0.15) is 11.0 Å². The molecule has 0 fully saturated rings. The summed E-state index contributed by atoms with van der Waals surface area (Å²) >= 11 is 0. The predicted molar refractivity (Wildman–Crippen MR) is 93.4 cm³/mol. The molecule has 0 atom stereocenters. The van der Waals surface area contributed by atoms with E-state index in [1.165, 1.54) is 4.80 Å². The first-order valence-electron chi connectivity index (χ1n) is 7.80. The van der Waals surface area contributed by atoms with Crippen LogP contribution in [-0.4, -0.2) is 31.2 Å². The van der Waals surface area contributed by atoms with Crippen molar-refractivity contribution < 1.29 is 15.0 Å². The van der Waals surface area contributed by atoms with E-state index in [2.05, 4.69) is 10.2 Å². The molecule has 24 heavy (non-hydrogen) atoms. The molecule has 1 aromatic heterocycles. The van der Waals surface area contributed by atoms with Crippen molar-refractivity contribution in [2.75, 3.05) is 0 Å². The lowest BCUT2D eigenvalue weighted by Crippen LogP contribution is -2.00. The van der Waals surface area contributed by atoms with E-state index in [1.54, 1.807) is 6.08 Å². The van der Waals surface area contributed by atoms with Gasteiger partial charge in [0.25, 0.3) is 0 Å². The van der Waals surface area contributed by atoms with Crippen molar-refractivity contribution in [1.82, 2.24) is 15.0 Å². The number of allylic oxidation sites excluding steroid dienone is 5. The number of aliphatic hydroxyl groups excluding tert-OH is 1. The number of hydrogen-bond acceptors (Lipinski definition) is 4. The number of aliphatic carboxylic acids is 1. The summed E-state index contributed by atoms with van der Waals surface area (Å²) in [5.41, 5.74) is 3.91. The van der Waals surface area contributed by atoms with Gasteiger partial charge >= 0.3 is 5.97 Å². The third kappa shape index (κ3) is 4.55. The number of aliphatic hydroxyl groups is 1. The van der Waals surface area contributed by atoms with Gasteiger partial charge in [-0.05, 0) is 49.1 Å². The maximum Gasteiger partial charge on any atom is 0.303 e. The second kappa shape index (κ2) is 8.10. The average molecular weight is 327 g/mol. The molecule has 0 bridgehead atoms. The summed E-state index contributed by atoms with van der Waals surface area (Å²) in [5, 5.41) is 27.0. The summed E-state index contributed by atoms with van der Waals surface area (Å²) in [5.74, 6) is -0.860. The molecule has 0 amide bonds. The zero-order valence-corrected chi connectivity index (χ0v) is 13.8. The molecule has 0 spiro atoms. The van der Waals surface area contributed by atoms with Crippen LogP contribution < -0.4 is 0 Å². The summed E-state index contributed by atoms with van der Waals surface area (Å²) in [6, 6.07) is 7.57. The van der Waals surface area contributed by atoms with Crippen molar-refractivity contribution >= 4 is 22.7 Å². The van der Waals surface area contributed by atoms with Crippen LogP contribution in [0.3, 0.4) is 0 Å². The molecule has 126 valence electrons. The minimum atomic E-state index is -0.860. The quantitative estimate of drug-likeness (QED) is 0.594. The topological polar surface area (TPSA) is 88.2 Å². The van der Waals surface area contributed by atoms with Crippen molar-refractivity contribution in [2.45, 2.75) is 33.1 Å². The third-order valence-corrected chi connectivity index (χ3v) is 3.57. The van der Waals surface area contributed by atoms with Crippen LogP contribution in [0.4, 0.5) is 0 Å². The molecule has 0 aliphatic carbocycles. The summed E-state index contributed by atoms with van der Waals surface area (Å²) < 4.78 is 0. The molecule has 2 rings (SSSR count). The van der Waals surface area contributed by atoms with Crippen molar-refractivity contribution in [1.29, 1.82) is 0 Å². The van der Waals surface area contributed by atoms with E-state index >= 15 is 0 Å². The largest absolute Gasteiger partial charge is 0.515 e. The van der Waals surface area contributed by atoms with E-state index in [1.807, 2.05) is 44.2 Å². The lowest BCUT2D eigenvalue weighted by atomic mass is 10.0. The number of carbonyl (C=O) groups is 1. The Bertz CT molecular complexity index is 783. The van der Waals surface area contributed by atoms with Gasteiger partial charge in [0.05, 0.1) is 12.0 Å². The first-order chi connectivity index (χ1) is 11.5. The molecule has 0 saturated heterocycles. The van der Waals surface area contributed by atoms with Gasteiger partial charge in [0.2, 0.25) is 0 Å². The first-order valence-corrected chi connectivity index (χ1v) is 7.80. The van der Waals surface area contributed by atoms with Gasteiger partial charge in [0.15, 0.2) is 0 Å². The van der Waals surface area contributed by atoms with Crippen LogP contribution >= 0.6 is 0 Å². The minimum Gasteiger partial charge on any atom is -0.515 e. The van der Waals surface area contributed by atoms with Crippen LogP contribution in [0, 0.1) is 0 Å². The van der Waals surface area contributed by atoms with Crippen LogP contribution in [0.15, 0.2) is 53.8 Å². The van der Waals surface area contributed by atoms with Gasteiger partial charge in [-0.15, -0.1) is 10.2 Å². The SMILES string of the molecule is CCC(/C=C(\C=C(/C)n1nc2ccccc2n1)CCC(=O)O)=C\O. The molecule has 2 N–H and O–H groups in total. The van der Waals surface area contributed by atoms with Crippen molar-refractivity contribution in [3.8, 4) is 0 Å². The molecule has 0 radical (unpaired) electrons. The van der Waals surface area contributed by atoms with Crippen LogP contribution in [-0.2, 0) is 4.79 Å². The van der Waals surface area contributed by atoms with E-state index in [0.717, 1.165) is 34.1 Å². The van der Waals surface area contributed by atoms with E-state index < -0.39 is 5.97 Å². The Balaban J connectivity index is 2.33. The monoisotopic (exact) mass is 327 g/mol. The number of rotatable bonds is 7. The average Bonchev–Trinajstić information content (AvgIpc) is 3.01. The zero-order chi connectivity index (χ0) is 17.5. The Morgan fingerprint density at radius 3 is 2.25 bits per heavy atom. The molecular formula is C18H21N3O3. The third-order valence-electron chi connectivity index (χ3n) is 3.57. The Morgan fingerprint density at radius 1 is 1.12 bits per heavy atom. The minimum absolute atomic E-state index is 0.0204. The van der Waals surface area contributed by atoms with Crippen molar-refractivity contribution in [3.63, 3.8) is 0 Å². The maximum atomic E-state index is 10.9. The van der Waals surface area contributed by atoms with Gasteiger partial charge < -0.3 is 10.2 Å². The van der Waals surface area contributed by atoms with Gasteiger partial charge in [-0.1, -0.05) is 25.1 Å². The molecule has 1 aromatic carbocycles. The van der Waals surface area contributed by atoms with Gasteiger partial charge in [-0.25, -0.2) is 0 Å². The highest BCUT2D eigenvalue weighted by atomic mass is 16.4. The Kier molecular flexibility index (Phi) is 5.89. The van der Waals surface area contributed by atoms with E-state index in [0.29, 0.717) is 12.8 Å². The molecule has 2 aromatic rings. The van der Waals surface area contributed by atoms with Crippen LogP contribution in [0.25, 0.3) is 16.7 Å². The number of hydrogen-bond donors (Lipinski definition) is 2. The Hall–Kier alpha value is -2.89. The molecular weight excluding hydrogens is 306 g/mol. The van der Waals surface area contributed by atoms with Crippen LogP contribution in [0.5, 0.6) is 0 Å². The summed E-state index contributed by atoms with van der Waals surface area (Å²) in [6.07, 6.45) is 5.74. The number of nitrogens with zero attached hydrogens (tertiary/aromatic N) is 3. The van der Waals surface area contributed by atoms with Gasteiger partial charge in [-0.3, -0.25) is 4.79 Å². The fraction of sp³-hybridized carbons (Fsp3) is 0.278. The lowest BCUT2D eigenvalue weighted by Gasteiger charge is -2.05. The summed E-state index contributed by atoms with van der Waals surface area (Å²) in [4.78, 5) is 12.4. The standard InChI is InChI=1S/C18H21N3O3/c1-3-14(12-22)11-15(8-9-18(23)24)10-13(2)21-19-16-6-4-5-7-17(16)20-21/h4-7,10-12,22H,3,8-9H2,1-2H3,(H,23,24)/b13-10+,14-12+,15-11-. The van der Waals surface area contributed by atoms with Gasteiger partial charge in [0, 0.05) is 6.42 Å². The molecule has 0 aliphatic heterocycles. The highest BCUT2D eigenvalue weighted by molar-refractivity contribution is 5.74. The number of fused-ring (bicyclic) bond motifs is 1. The second-order valence-electron chi connectivity index (χ2n) is 5.43. The smallest absolute Gasteiger partial charge is 0.303 e. The Labute approximate surface area is 140 Å².